The van der Waals surface area contributed by atoms with E-state index in [9.17, 15) is 18.0 Å². The molecule has 3 aromatic rings. The summed E-state index contributed by atoms with van der Waals surface area (Å²) in [5, 5.41) is 4.06. The van der Waals surface area contributed by atoms with Gasteiger partial charge in [-0.25, -0.2) is 13.1 Å². The van der Waals surface area contributed by atoms with E-state index in [4.69, 9.17) is 17.2 Å². The third-order valence-corrected chi connectivity index (χ3v) is 7.69. The fourth-order valence-corrected chi connectivity index (χ4v) is 5.72. The summed E-state index contributed by atoms with van der Waals surface area (Å²) in [6, 6.07) is 18.0. The van der Waals surface area contributed by atoms with E-state index >= 15 is 0 Å². The first-order valence-corrected chi connectivity index (χ1v) is 13.7. The molecule has 0 aromatic heterocycles. The number of primary amides is 1. The molecule has 202 valence electrons. The van der Waals surface area contributed by atoms with Crippen LogP contribution in [0.25, 0.3) is 10.8 Å². The molecular weight excluding hydrogens is 504 g/mol. The standard InChI is InChI=1S/C27H34N6O4S/c1-18-13-14-24(22-12-6-5-11-21(18)22)38(36,37)33-20(10-7-15-31-27(29)30)17-25(34)32-23(26(28)35)16-19-8-3-2-4-9-19/h2-6,8-9,11-14,20,23,33H,7,10,15-17H2,1H3,(H2,28,35)(H,32,34)(H4,29,30,31)/t20-,23-/m0/s1. The molecule has 0 radical (unpaired) electrons. The Labute approximate surface area is 222 Å². The zero-order chi connectivity index (χ0) is 27.7. The van der Waals surface area contributed by atoms with Gasteiger partial charge in [0.25, 0.3) is 0 Å². The van der Waals surface area contributed by atoms with Gasteiger partial charge in [0.15, 0.2) is 5.96 Å². The number of rotatable bonds is 13. The molecule has 0 aliphatic carbocycles. The van der Waals surface area contributed by atoms with Crippen molar-refractivity contribution >= 4 is 38.6 Å². The third kappa shape index (κ3) is 8.02. The van der Waals surface area contributed by atoms with E-state index in [0.29, 0.717) is 11.8 Å². The normalized spacial score (nSPS) is 13.0. The molecule has 0 aliphatic heterocycles. The number of nitrogens with zero attached hydrogens (tertiary/aromatic N) is 1. The van der Waals surface area contributed by atoms with Crippen molar-refractivity contribution in [2.24, 2.45) is 22.2 Å². The maximum Gasteiger partial charge on any atom is 0.241 e. The number of guanidine groups is 1. The maximum atomic E-state index is 13.5. The van der Waals surface area contributed by atoms with Crippen molar-refractivity contribution in [1.29, 1.82) is 0 Å². The van der Waals surface area contributed by atoms with Crippen LogP contribution in [0, 0.1) is 6.92 Å². The molecule has 0 heterocycles. The lowest BCUT2D eigenvalue weighted by Gasteiger charge is -2.21. The van der Waals surface area contributed by atoms with Gasteiger partial charge in [-0.05, 0) is 42.3 Å². The molecular formula is C27H34N6O4S. The molecule has 2 atom stereocenters. The highest BCUT2D eigenvalue weighted by Gasteiger charge is 2.26. The van der Waals surface area contributed by atoms with E-state index in [1.54, 1.807) is 24.3 Å². The Bertz CT molecular complexity index is 1410. The molecule has 8 N–H and O–H groups in total. The predicted molar refractivity (Wildman–Crippen MR) is 149 cm³/mol. The maximum absolute atomic E-state index is 13.5. The lowest BCUT2D eigenvalue weighted by Crippen LogP contribution is -2.48. The molecule has 0 saturated heterocycles. The number of nitrogens with two attached hydrogens (primary N) is 3. The Morgan fingerprint density at radius 1 is 0.921 bits per heavy atom. The number of carbonyl (C=O) groups is 2. The summed E-state index contributed by atoms with van der Waals surface area (Å²) in [5.74, 6) is -1.26. The highest BCUT2D eigenvalue weighted by Crippen LogP contribution is 2.26. The number of nitrogens with one attached hydrogen (secondary N) is 2. The van der Waals surface area contributed by atoms with Gasteiger partial charge in [0, 0.05) is 30.8 Å². The highest BCUT2D eigenvalue weighted by atomic mass is 32.2. The Kier molecular flexibility index (Phi) is 9.80. The molecule has 3 aromatic carbocycles. The van der Waals surface area contributed by atoms with Crippen molar-refractivity contribution in [3.05, 3.63) is 77.9 Å². The van der Waals surface area contributed by atoms with Gasteiger partial charge in [-0.1, -0.05) is 60.7 Å². The summed E-state index contributed by atoms with van der Waals surface area (Å²) >= 11 is 0. The number of amides is 2. The van der Waals surface area contributed by atoms with Crippen LogP contribution in [0.15, 0.2) is 76.6 Å². The SMILES string of the molecule is Cc1ccc(S(=O)(=O)N[C@@H](CCCN=C(N)N)CC(=O)N[C@@H](Cc2ccccc2)C(N)=O)c2ccccc12. The molecule has 0 saturated carbocycles. The Hall–Kier alpha value is -3.96. The van der Waals surface area contributed by atoms with Crippen LogP contribution >= 0.6 is 0 Å². The number of hydrogen-bond donors (Lipinski definition) is 5. The fourth-order valence-electron chi connectivity index (χ4n) is 4.24. The first kappa shape index (κ1) is 28.6. The molecule has 0 bridgehead atoms. The van der Waals surface area contributed by atoms with Crippen LogP contribution in [0.5, 0.6) is 0 Å². The van der Waals surface area contributed by atoms with Crippen LogP contribution in [0.4, 0.5) is 0 Å². The second kappa shape index (κ2) is 13.0. The largest absolute Gasteiger partial charge is 0.370 e. The quantitative estimate of drug-likeness (QED) is 0.125. The van der Waals surface area contributed by atoms with Crippen molar-refractivity contribution in [3.63, 3.8) is 0 Å². The number of benzene rings is 3. The number of aliphatic imine (C=N–C) groups is 1. The summed E-state index contributed by atoms with van der Waals surface area (Å²) in [4.78, 5) is 29.0. The van der Waals surface area contributed by atoms with E-state index in [-0.39, 0.29) is 36.7 Å². The van der Waals surface area contributed by atoms with E-state index in [1.807, 2.05) is 49.4 Å². The van der Waals surface area contributed by atoms with Gasteiger partial charge in [0.2, 0.25) is 21.8 Å². The Balaban J connectivity index is 1.79. The minimum absolute atomic E-state index is 0.0730. The molecule has 11 heteroatoms. The van der Waals surface area contributed by atoms with Crippen LogP contribution in [-0.2, 0) is 26.0 Å². The smallest absolute Gasteiger partial charge is 0.241 e. The minimum atomic E-state index is -4.00. The Morgan fingerprint density at radius 3 is 2.24 bits per heavy atom. The number of fused-ring (bicyclic) bond motifs is 1. The van der Waals surface area contributed by atoms with Crippen LogP contribution in [-0.4, -0.2) is 44.8 Å². The number of sulfonamides is 1. The number of carbonyl (C=O) groups excluding carboxylic acids is 2. The van der Waals surface area contributed by atoms with Gasteiger partial charge in [0.05, 0.1) is 4.90 Å². The Morgan fingerprint density at radius 2 is 1.58 bits per heavy atom. The monoisotopic (exact) mass is 538 g/mol. The van der Waals surface area contributed by atoms with Crippen molar-refractivity contribution in [2.75, 3.05) is 6.54 Å². The van der Waals surface area contributed by atoms with Gasteiger partial charge in [-0.15, -0.1) is 0 Å². The summed E-state index contributed by atoms with van der Waals surface area (Å²) < 4.78 is 29.6. The molecule has 0 unspecified atom stereocenters. The third-order valence-electron chi connectivity index (χ3n) is 6.11. The molecule has 0 spiro atoms. The second-order valence-corrected chi connectivity index (χ2v) is 10.8. The van der Waals surface area contributed by atoms with Crippen LogP contribution in [0.1, 0.15) is 30.4 Å². The first-order valence-electron chi connectivity index (χ1n) is 12.3. The average molecular weight is 539 g/mol. The van der Waals surface area contributed by atoms with Gasteiger partial charge >= 0.3 is 0 Å². The van der Waals surface area contributed by atoms with E-state index < -0.39 is 33.9 Å². The lowest BCUT2D eigenvalue weighted by atomic mass is 10.0. The molecule has 3 rings (SSSR count). The zero-order valence-electron chi connectivity index (χ0n) is 21.3. The van der Waals surface area contributed by atoms with Gasteiger partial charge in [-0.3, -0.25) is 14.6 Å². The van der Waals surface area contributed by atoms with Crippen molar-refractivity contribution in [3.8, 4) is 0 Å². The molecule has 38 heavy (non-hydrogen) atoms. The summed E-state index contributed by atoms with van der Waals surface area (Å²) in [6.45, 7) is 2.18. The van der Waals surface area contributed by atoms with Crippen molar-refractivity contribution in [2.45, 2.75) is 49.6 Å². The van der Waals surface area contributed by atoms with Gasteiger partial charge in [0.1, 0.15) is 6.04 Å². The fraction of sp³-hybridized carbons (Fsp3) is 0.296. The van der Waals surface area contributed by atoms with Crippen LogP contribution in [0.3, 0.4) is 0 Å². The molecule has 0 aliphatic rings. The molecule has 0 fully saturated rings. The summed E-state index contributed by atoms with van der Waals surface area (Å²) in [6.07, 6.45) is 0.727. The molecule has 2 amide bonds. The topological polar surface area (TPSA) is 183 Å². The summed E-state index contributed by atoms with van der Waals surface area (Å²) in [5.41, 5.74) is 18.1. The predicted octanol–water partition coefficient (Wildman–Crippen LogP) is 1.45. The highest BCUT2D eigenvalue weighted by molar-refractivity contribution is 7.89. The van der Waals surface area contributed by atoms with Crippen LogP contribution < -0.4 is 27.2 Å². The van der Waals surface area contributed by atoms with Crippen LogP contribution in [0.2, 0.25) is 0 Å². The van der Waals surface area contributed by atoms with E-state index in [2.05, 4.69) is 15.0 Å². The number of aryl methyl sites for hydroxylation is 1. The first-order chi connectivity index (χ1) is 18.1. The van der Waals surface area contributed by atoms with E-state index in [0.717, 1.165) is 16.5 Å². The van der Waals surface area contributed by atoms with Gasteiger partial charge < -0.3 is 22.5 Å². The van der Waals surface area contributed by atoms with Crippen molar-refractivity contribution < 1.29 is 18.0 Å². The van der Waals surface area contributed by atoms with Gasteiger partial charge in [-0.2, -0.15) is 0 Å². The zero-order valence-corrected chi connectivity index (χ0v) is 22.1. The minimum Gasteiger partial charge on any atom is -0.370 e. The molecule has 10 nitrogen and oxygen atoms in total. The second-order valence-electron chi connectivity index (χ2n) is 9.11. The average Bonchev–Trinajstić information content (AvgIpc) is 2.86. The number of hydrogen-bond acceptors (Lipinski definition) is 5. The summed E-state index contributed by atoms with van der Waals surface area (Å²) in [7, 11) is -4.00. The lowest BCUT2D eigenvalue weighted by molar-refractivity contribution is -0.127. The van der Waals surface area contributed by atoms with E-state index in [1.165, 1.54) is 0 Å². The van der Waals surface area contributed by atoms with Crippen molar-refractivity contribution in [1.82, 2.24) is 10.0 Å².